The van der Waals surface area contributed by atoms with E-state index in [2.05, 4.69) is 0 Å². The molecule has 0 saturated heterocycles. The lowest BCUT2D eigenvalue weighted by molar-refractivity contribution is 0.168. The minimum atomic E-state index is -0.126. The van der Waals surface area contributed by atoms with Gasteiger partial charge in [0, 0.05) is 0 Å². The summed E-state index contributed by atoms with van der Waals surface area (Å²) < 4.78 is 4.95. The fraction of sp³-hybridized carbons (Fsp3) is 0.222. The smallest absolute Gasteiger partial charge is 0.323 e. The minimum Gasteiger partial charge on any atom is -0.458 e. The molecular formula is C9H11O2P. The molecule has 0 spiro atoms. The Hall–Kier alpha value is -0.880. The standard InChI is InChI=1S/C9H11O2P/c1-12-9(10)11-7-8-5-3-2-4-6-8/h2-6,12H,7H2,1H3. The Morgan fingerprint density at radius 2 is 2.08 bits per heavy atom. The van der Waals surface area contributed by atoms with Gasteiger partial charge in [0.15, 0.2) is 0 Å². The molecule has 1 unspecified atom stereocenters. The van der Waals surface area contributed by atoms with Crippen molar-refractivity contribution in [2.24, 2.45) is 0 Å². The Kier molecular flexibility index (Phi) is 3.75. The summed E-state index contributed by atoms with van der Waals surface area (Å²) in [4.78, 5) is 10.8. The average molecular weight is 182 g/mol. The van der Waals surface area contributed by atoms with E-state index >= 15 is 0 Å². The van der Waals surface area contributed by atoms with Crippen LogP contribution in [-0.4, -0.2) is 12.4 Å². The van der Waals surface area contributed by atoms with E-state index in [1.54, 1.807) is 0 Å². The van der Waals surface area contributed by atoms with Crippen LogP contribution in [0.15, 0.2) is 30.3 Å². The first-order chi connectivity index (χ1) is 5.83. The molecule has 0 amide bonds. The van der Waals surface area contributed by atoms with Gasteiger partial charge < -0.3 is 4.74 Å². The lowest BCUT2D eigenvalue weighted by atomic mass is 10.2. The summed E-state index contributed by atoms with van der Waals surface area (Å²) >= 11 is 0. The van der Waals surface area contributed by atoms with Crippen LogP contribution in [0, 0.1) is 0 Å². The molecule has 0 aromatic heterocycles. The van der Waals surface area contributed by atoms with Crippen molar-refractivity contribution in [2.45, 2.75) is 6.61 Å². The van der Waals surface area contributed by atoms with E-state index in [1.807, 2.05) is 37.0 Å². The molecule has 1 aromatic carbocycles. The third-order valence-corrected chi connectivity index (χ3v) is 1.97. The van der Waals surface area contributed by atoms with Gasteiger partial charge in [-0.2, -0.15) is 0 Å². The number of carbonyl (C=O) groups is 1. The SMILES string of the molecule is CPC(=O)OCc1ccccc1. The van der Waals surface area contributed by atoms with Gasteiger partial charge in [0.1, 0.15) is 6.61 Å². The second-order valence-corrected chi connectivity index (χ2v) is 3.22. The highest BCUT2D eigenvalue weighted by atomic mass is 31.1. The van der Waals surface area contributed by atoms with Gasteiger partial charge in [0.25, 0.3) is 0 Å². The summed E-state index contributed by atoms with van der Waals surface area (Å²) in [6.07, 6.45) is 0. The predicted molar refractivity (Wildman–Crippen MR) is 50.9 cm³/mol. The molecule has 0 aliphatic heterocycles. The van der Waals surface area contributed by atoms with E-state index in [1.165, 1.54) is 0 Å². The van der Waals surface area contributed by atoms with Crippen LogP contribution in [0.5, 0.6) is 0 Å². The van der Waals surface area contributed by atoms with Crippen LogP contribution in [0.1, 0.15) is 5.56 Å². The van der Waals surface area contributed by atoms with Crippen LogP contribution in [0.4, 0.5) is 4.79 Å². The number of benzene rings is 1. The first-order valence-electron chi connectivity index (χ1n) is 3.71. The van der Waals surface area contributed by atoms with Crippen LogP contribution >= 0.6 is 8.58 Å². The highest BCUT2D eigenvalue weighted by Crippen LogP contribution is 2.09. The fourth-order valence-electron chi connectivity index (χ4n) is 0.795. The van der Waals surface area contributed by atoms with Crippen molar-refractivity contribution in [3.05, 3.63) is 35.9 Å². The lowest BCUT2D eigenvalue weighted by Gasteiger charge is -2.01. The van der Waals surface area contributed by atoms with Crippen molar-refractivity contribution in [2.75, 3.05) is 6.66 Å². The molecule has 0 radical (unpaired) electrons. The molecule has 12 heavy (non-hydrogen) atoms. The van der Waals surface area contributed by atoms with Crippen LogP contribution in [-0.2, 0) is 11.3 Å². The summed E-state index contributed by atoms with van der Waals surface area (Å²) in [5.41, 5.74) is 0.906. The maximum Gasteiger partial charge on any atom is 0.323 e. The largest absolute Gasteiger partial charge is 0.458 e. The molecular weight excluding hydrogens is 171 g/mol. The van der Waals surface area contributed by atoms with E-state index in [0.29, 0.717) is 6.61 Å². The van der Waals surface area contributed by atoms with Crippen molar-refractivity contribution in [1.82, 2.24) is 0 Å². The van der Waals surface area contributed by atoms with Crippen molar-refractivity contribution >= 4 is 14.3 Å². The Morgan fingerprint density at radius 3 is 2.67 bits per heavy atom. The average Bonchev–Trinajstić information content (AvgIpc) is 2.16. The summed E-state index contributed by atoms with van der Waals surface area (Å²) in [7, 11) is 0.222. The Morgan fingerprint density at radius 1 is 1.42 bits per heavy atom. The number of ether oxygens (including phenoxy) is 1. The van der Waals surface area contributed by atoms with Gasteiger partial charge in [0.05, 0.1) is 0 Å². The zero-order valence-electron chi connectivity index (χ0n) is 6.91. The van der Waals surface area contributed by atoms with Crippen LogP contribution in [0.25, 0.3) is 0 Å². The van der Waals surface area contributed by atoms with Gasteiger partial charge in [-0.25, -0.2) is 4.79 Å². The van der Waals surface area contributed by atoms with Gasteiger partial charge in [0.2, 0.25) is 0 Å². The lowest BCUT2D eigenvalue weighted by Crippen LogP contribution is -1.95. The molecule has 0 saturated carbocycles. The summed E-state index contributed by atoms with van der Waals surface area (Å²) in [5.74, 6) is 0. The number of carbonyl (C=O) groups excluding carboxylic acids is 1. The van der Waals surface area contributed by atoms with Crippen LogP contribution in [0.3, 0.4) is 0 Å². The molecule has 0 N–H and O–H groups in total. The highest BCUT2D eigenvalue weighted by molar-refractivity contribution is 7.56. The molecule has 64 valence electrons. The maximum atomic E-state index is 10.8. The third kappa shape index (κ3) is 3.02. The van der Waals surface area contributed by atoms with Gasteiger partial charge in [-0.3, -0.25) is 0 Å². The predicted octanol–water partition coefficient (Wildman–Crippen LogP) is 2.63. The summed E-state index contributed by atoms with van der Waals surface area (Å²) in [5, 5.41) is 0. The van der Waals surface area contributed by atoms with E-state index in [9.17, 15) is 4.79 Å². The Bertz CT molecular complexity index is 246. The second kappa shape index (κ2) is 4.89. The van der Waals surface area contributed by atoms with E-state index < -0.39 is 0 Å². The molecule has 1 aromatic rings. The third-order valence-electron chi connectivity index (χ3n) is 1.42. The molecule has 2 nitrogen and oxygen atoms in total. The van der Waals surface area contributed by atoms with E-state index in [-0.39, 0.29) is 14.3 Å². The zero-order chi connectivity index (χ0) is 8.81. The Labute approximate surface area is 73.7 Å². The highest BCUT2D eigenvalue weighted by Gasteiger charge is 1.97. The van der Waals surface area contributed by atoms with Gasteiger partial charge in [-0.15, -0.1) is 0 Å². The van der Waals surface area contributed by atoms with E-state index in [4.69, 9.17) is 4.74 Å². The maximum absolute atomic E-state index is 10.8. The van der Waals surface area contributed by atoms with Crippen molar-refractivity contribution in [1.29, 1.82) is 0 Å². The summed E-state index contributed by atoms with van der Waals surface area (Å²) in [6.45, 7) is 2.20. The van der Waals surface area contributed by atoms with Crippen molar-refractivity contribution in [3.63, 3.8) is 0 Å². The normalized spacial score (nSPS) is 10.4. The van der Waals surface area contributed by atoms with Gasteiger partial charge in [-0.05, 0) is 20.8 Å². The molecule has 1 atom stereocenters. The Balaban J connectivity index is 2.38. The second-order valence-electron chi connectivity index (χ2n) is 2.31. The first-order valence-corrected chi connectivity index (χ1v) is 5.21. The molecule has 0 fully saturated rings. The molecule has 3 heteroatoms. The fourth-order valence-corrected chi connectivity index (χ4v) is 1.01. The molecule has 0 aliphatic rings. The van der Waals surface area contributed by atoms with Gasteiger partial charge >= 0.3 is 5.71 Å². The van der Waals surface area contributed by atoms with Crippen molar-refractivity contribution < 1.29 is 9.53 Å². The molecule has 0 bridgehead atoms. The first kappa shape index (κ1) is 9.21. The van der Waals surface area contributed by atoms with Crippen LogP contribution in [0.2, 0.25) is 0 Å². The topological polar surface area (TPSA) is 26.3 Å². The van der Waals surface area contributed by atoms with Crippen molar-refractivity contribution in [3.8, 4) is 0 Å². The quantitative estimate of drug-likeness (QED) is 0.671. The van der Waals surface area contributed by atoms with Gasteiger partial charge in [-0.1, -0.05) is 30.3 Å². The monoisotopic (exact) mass is 182 g/mol. The molecule has 0 aliphatic carbocycles. The minimum absolute atomic E-state index is 0.126. The summed E-state index contributed by atoms with van der Waals surface area (Å²) in [6, 6.07) is 9.67. The van der Waals surface area contributed by atoms with E-state index in [0.717, 1.165) is 5.56 Å². The number of hydrogen-bond donors (Lipinski definition) is 0. The molecule has 1 rings (SSSR count). The van der Waals surface area contributed by atoms with Crippen LogP contribution < -0.4 is 0 Å². The molecule has 0 heterocycles. The number of rotatable bonds is 3. The number of hydrogen-bond acceptors (Lipinski definition) is 2. The zero-order valence-corrected chi connectivity index (χ0v) is 7.91.